The highest BCUT2D eigenvalue weighted by Crippen LogP contribution is 2.41. The first-order valence-electron chi connectivity index (χ1n) is 13.6. The third-order valence-corrected chi connectivity index (χ3v) is 7.58. The summed E-state index contributed by atoms with van der Waals surface area (Å²) in [6, 6.07) is 7.09. The summed E-state index contributed by atoms with van der Waals surface area (Å²) in [6.45, 7) is 3.72. The Morgan fingerprint density at radius 3 is 2.41 bits per heavy atom. The summed E-state index contributed by atoms with van der Waals surface area (Å²) in [5.74, 6) is -1.51. The number of aliphatic hydroxyl groups excluding tert-OH is 1. The van der Waals surface area contributed by atoms with Crippen molar-refractivity contribution in [2.45, 2.75) is 38.1 Å². The van der Waals surface area contributed by atoms with Crippen molar-refractivity contribution in [2.75, 3.05) is 31.4 Å². The molecule has 246 valence electrons. The molecular weight excluding hydrogens is 632 g/mol. The van der Waals surface area contributed by atoms with Gasteiger partial charge in [0, 0.05) is 31.6 Å². The van der Waals surface area contributed by atoms with Gasteiger partial charge in [-0.1, -0.05) is 6.07 Å². The minimum atomic E-state index is -4.88. The smallest absolute Gasteiger partial charge is 0.421 e. The van der Waals surface area contributed by atoms with Gasteiger partial charge in [0.15, 0.2) is 5.69 Å². The van der Waals surface area contributed by atoms with Gasteiger partial charge in [-0.15, -0.1) is 0 Å². The molecule has 3 heterocycles. The molecule has 0 spiro atoms. The molecule has 0 atom stereocenters. The van der Waals surface area contributed by atoms with Crippen molar-refractivity contribution in [3.63, 3.8) is 0 Å². The van der Waals surface area contributed by atoms with Crippen LogP contribution in [0, 0.1) is 0 Å². The summed E-state index contributed by atoms with van der Waals surface area (Å²) < 4.78 is 60.4. The molecule has 0 radical (unpaired) electrons. The van der Waals surface area contributed by atoms with Crippen LogP contribution < -0.4 is 20.7 Å². The lowest BCUT2D eigenvalue weighted by Gasteiger charge is -2.24. The monoisotopic (exact) mass is 664 g/mol. The van der Waals surface area contributed by atoms with Crippen molar-refractivity contribution in [3.05, 3.63) is 65.7 Å². The van der Waals surface area contributed by atoms with Gasteiger partial charge in [0.2, 0.25) is 5.95 Å². The number of anilines is 4. The summed E-state index contributed by atoms with van der Waals surface area (Å²) in [7, 11) is -1.71. The SMILES string of the molecule is CNC(=O)c1nc(-c2cnn(C(C)(C)CCO)c2)ccc1Nc1nc(Nc2ccc(CP(=O)(O)O)cc2OC)ncc1C(F)(F)F. The summed E-state index contributed by atoms with van der Waals surface area (Å²) >= 11 is 0. The molecule has 14 nitrogen and oxygen atoms in total. The number of hydrogen-bond donors (Lipinski definition) is 6. The van der Waals surface area contributed by atoms with E-state index in [1.807, 2.05) is 13.8 Å². The van der Waals surface area contributed by atoms with Crippen LogP contribution in [0.25, 0.3) is 11.3 Å². The Kier molecular flexibility index (Phi) is 10.0. The van der Waals surface area contributed by atoms with E-state index in [0.29, 0.717) is 23.9 Å². The number of benzene rings is 1. The molecule has 0 aliphatic rings. The molecule has 0 aliphatic heterocycles. The lowest BCUT2D eigenvalue weighted by Crippen LogP contribution is -2.27. The molecule has 6 N–H and O–H groups in total. The quantitative estimate of drug-likeness (QED) is 0.117. The highest BCUT2D eigenvalue weighted by Gasteiger charge is 2.36. The average Bonchev–Trinajstić information content (AvgIpc) is 3.48. The number of ether oxygens (including phenoxy) is 1. The van der Waals surface area contributed by atoms with E-state index < -0.39 is 42.8 Å². The minimum absolute atomic E-state index is 0.0545. The molecule has 0 saturated heterocycles. The second kappa shape index (κ2) is 13.4. The Labute approximate surface area is 261 Å². The molecule has 0 unspecified atom stereocenters. The first-order valence-corrected chi connectivity index (χ1v) is 15.4. The number of rotatable bonds is 12. The molecular formula is C28H32F3N8O6P. The number of hydrogen-bond acceptors (Lipinski definition) is 10. The number of pyridine rings is 1. The Hall–Kier alpha value is -4.57. The van der Waals surface area contributed by atoms with Crippen LogP contribution in [-0.2, 0) is 22.4 Å². The third-order valence-electron chi connectivity index (χ3n) is 6.81. The maximum Gasteiger partial charge on any atom is 0.421 e. The van der Waals surface area contributed by atoms with Crippen LogP contribution in [0.1, 0.15) is 41.9 Å². The Morgan fingerprint density at radius 1 is 1.07 bits per heavy atom. The molecule has 4 rings (SSSR count). The van der Waals surface area contributed by atoms with Gasteiger partial charge in [-0.05, 0) is 50.1 Å². The van der Waals surface area contributed by atoms with E-state index in [2.05, 4.69) is 36.0 Å². The van der Waals surface area contributed by atoms with Crippen LogP contribution >= 0.6 is 7.60 Å². The Morgan fingerprint density at radius 2 is 1.78 bits per heavy atom. The normalized spacial score (nSPS) is 12.1. The van der Waals surface area contributed by atoms with Crippen molar-refractivity contribution in [1.82, 2.24) is 30.0 Å². The first-order chi connectivity index (χ1) is 21.5. The van der Waals surface area contributed by atoms with E-state index in [1.54, 1.807) is 10.9 Å². The van der Waals surface area contributed by atoms with E-state index in [-0.39, 0.29) is 40.9 Å². The molecule has 4 aromatic rings. The van der Waals surface area contributed by atoms with Crippen molar-refractivity contribution in [1.29, 1.82) is 0 Å². The van der Waals surface area contributed by atoms with Crippen LogP contribution in [0.4, 0.5) is 36.3 Å². The van der Waals surface area contributed by atoms with Crippen LogP contribution in [0.3, 0.4) is 0 Å². The van der Waals surface area contributed by atoms with Gasteiger partial charge in [0.25, 0.3) is 5.91 Å². The number of carbonyl (C=O) groups excluding carboxylic acids is 1. The van der Waals surface area contributed by atoms with Crippen molar-refractivity contribution in [2.24, 2.45) is 0 Å². The number of nitrogens with zero attached hydrogens (tertiary/aromatic N) is 5. The third kappa shape index (κ3) is 8.17. The number of nitrogens with one attached hydrogen (secondary N) is 3. The van der Waals surface area contributed by atoms with Crippen LogP contribution in [0.15, 0.2) is 48.9 Å². The van der Waals surface area contributed by atoms with Crippen LogP contribution in [-0.4, -0.2) is 66.3 Å². The van der Waals surface area contributed by atoms with Crippen molar-refractivity contribution >= 4 is 36.6 Å². The summed E-state index contributed by atoms with van der Waals surface area (Å²) in [5.41, 5.74) is -0.691. The van der Waals surface area contributed by atoms with Gasteiger partial charge in [-0.2, -0.15) is 23.3 Å². The lowest BCUT2D eigenvalue weighted by atomic mass is 10.0. The van der Waals surface area contributed by atoms with Crippen LogP contribution in [0.2, 0.25) is 0 Å². The number of halogens is 3. The summed E-state index contributed by atoms with van der Waals surface area (Å²) in [5, 5.41) is 21.5. The van der Waals surface area contributed by atoms with Gasteiger partial charge in [0.1, 0.15) is 17.1 Å². The van der Waals surface area contributed by atoms with Gasteiger partial charge in [-0.25, -0.2) is 9.97 Å². The van der Waals surface area contributed by atoms with Gasteiger partial charge >= 0.3 is 13.8 Å². The van der Waals surface area contributed by atoms with Gasteiger partial charge < -0.3 is 35.6 Å². The molecule has 0 bridgehead atoms. The topological polar surface area (TPSA) is 197 Å². The molecule has 18 heteroatoms. The molecule has 0 fully saturated rings. The van der Waals surface area contributed by atoms with Gasteiger partial charge in [-0.3, -0.25) is 14.0 Å². The van der Waals surface area contributed by atoms with E-state index in [4.69, 9.17) is 4.74 Å². The molecule has 46 heavy (non-hydrogen) atoms. The van der Waals surface area contributed by atoms with Crippen LogP contribution in [0.5, 0.6) is 5.75 Å². The zero-order valence-electron chi connectivity index (χ0n) is 25.1. The molecule has 0 saturated carbocycles. The molecule has 3 aromatic heterocycles. The fourth-order valence-corrected chi connectivity index (χ4v) is 5.03. The van der Waals surface area contributed by atoms with Crippen molar-refractivity contribution < 1.29 is 42.2 Å². The zero-order chi connectivity index (χ0) is 33.9. The Balaban J connectivity index is 1.71. The van der Waals surface area contributed by atoms with E-state index >= 15 is 0 Å². The minimum Gasteiger partial charge on any atom is -0.495 e. The maximum absolute atomic E-state index is 14.0. The van der Waals surface area contributed by atoms with E-state index in [9.17, 15) is 37.4 Å². The second-order valence-corrected chi connectivity index (χ2v) is 12.3. The zero-order valence-corrected chi connectivity index (χ0v) is 26.0. The highest BCUT2D eigenvalue weighted by atomic mass is 31.2. The maximum atomic E-state index is 14.0. The van der Waals surface area contributed by atoms with Crippen molar-refractivity contribution in [3.8, 4) is 17.0 Å². The first kappa shape index (κ1) is 34.3. The van der Waals surface area contributed by atoms with E-state index in [1.165, 1.54) is 50.7 Å². The predicted molar refractivity (Wildman–Crippen MR) is 162 cm³/mol. The summed E-state index contributed by atoms with van der Waals surface area (Å²) in [6.07, 6.45) is -1.20. The largest absolute Gasteiger partial charge is 0.495 e. The second-order valence-electron chi connectivity index (χ2n) is 10.7. The predicted octanol–water partition coefficient (Wildman–Crippen LogP) is 4.40. The standard InChI is InChI=1S/C28H32F3N8O6P/c1-27(2,9-10-40)39-14-17(12-34-39)19-7-8-21(23(35-19)25(41)32-3)36-24-18(28(29,30)31)13-33-26(38-24)37-20-6-5-16(11-22(20)45-4)15-46(42,43)44/h5-8,11-14,40H,9-10,15H2,1-4H3,(H,32,41)(H2,42,43,44)(H2,33,36,37,38). The molecule has 1 aromatic carbocycles. The number of aromatic nitrogens is 5. The number of carbonyl (C=O) groups is 1. The number of alkyl halides is 3. The van der Waals surface area contributed by atoms with Gasteiger partial charge in [0.05, 0.1) is 42.1 Å². The highest BCUT2D eigenvalue weighted by molar-refractivity contribution is 7.50. The summed E-state index contributed by atoms with van der Waals surface area (Å²) in [4.78, 5) is 43.6. The Bertz CT molecular complexity index is 1780. The fourth-order valence-electron chi connectivity index (χ4n) is 4.35. The van der Waals surface area contributed by atoms with E-state index in [0.717, 1.165) is 0 Å². The lowest BCUT2D eigenvalue weighted by molar-refractivity contribution is -0.137. The molecule has 0 aliphatic carbocycles. The molecule has 1 amide bonds. The number of amides is 1. The fraction of sp³-hybridized carbons (Fsp3) is 0.321. The number of methoxy groups -OCH3 is 1. The average molecular weight is 665 g/mol. The number of aliphatic hydroxyl groups is 1.